The molecule has 0 bridgehead atoms. The van der Waals surface area contributed by atoms with Crippen LogP contribution in [0.2, 0.25) is 0 Å². The molecule has 0 fully saturated rings. The maximum atomic E-state index is 4.49. The van der Waals surface area contributed by atoms with E-state index in [9.17, 15) is 0 Å². The molecule has 0 aliphatic heterocycles. The average molecular weight is 245 g/mol. The molecule has 0 amide bonds. The predicted molar refractivity (Wildman–Crippen MR) is 70.2 cm³/mol. The first-order chi connectivity index (χ1) is 8.76. The van der Waals surface area contributed by atoms with Crippen LogP contribution in [-0.4, -0.2) is 26.8 Å². The summed E-state index contributed by atoms with van der Waals surface area (Å²) in [5.74, 6) is 0.786. The summed E-state index contributed by atoms with van der Waals surface area (Å²) < 4.78 is 2.03. The van der Waals surface area contributed by atoms with Crippen molar-refractivity contribution in [2.45, 2.75) is 32.9 Å². The van der Waals surface area contributed by atoms with Gasteiger partial charge in [0.25, 0.3) is 0 Å². The Bertz CT molecular complexity index is 506. The van der Waals surface area contributed by atoms with Crippen molar-refractivity contribution in [1.82, 2.24) is 25.1 Å². The summed E-state index contributed by atoms with van der Waals surface area (Å²) in [6.45, 7) is 4.97. The second kappa shape index (κ2) is 5.73. The summed E-state index contributed by atoms with van der Waals surface area (Å²) >= 11 is 0. The molecule has 1 unspecified atom stereocenters. The Labute approximate surface area is 107 Å². The van der Waals surface area contributed by atoms with Crippen LogP contribution in [0.25, 0.3) is 0 Å². The van der Waals surface area contributed by atoms with E-state index in [1.54, 1.807) is 6.20 Å². The fourth-order valence-electron chi connectivity index (χ4n) is 2.07. The fourth-order valence-corrected chi connectivity index (χ4v) is 2.07. The second-order valence-electron chi connectivity index (χ2n) is 4.23. The van der Waals surface area contributed by atoms with Gasteiger partial charge in [-0.25, -0.2) is 9.97 Å². The van der Waals surface area contributed by atoms with Crippen molar-refractivity contribution in [3.05, 3.63) is 41.7 Å². The van der Waals surface area contributed by atoms with Gasteiger partial charge in [0.2, 0.25) is 0 Å². The van der Waals surface area contributed by atoms with Gasteiger partial charge in [0, 0.05) is 18.9 Å². The van der Waals surface area contributed by atoms with E-state index in [1.807, 2.05) is 37.0 Å². The molecule has 1 N–H and O–H groups in total. The highest BCUT2D eigenvalue weighted by atomic mass is 15.3. The molecule has 0 aromatic carbocycles. The zero-order valence-electron chi connectivity index (χ0n) is 11.1. The van der Waals surface area contributed by atoms with Crippen molar-refractivity contribution in [1.29, 1.82) is 0 Å². The number of hydrogen-bond donors (Lipinski definition) is 1. The van der Waals surface area contributed by atoms with Crippen molar-refractivity contribution >= 4 is 0 Å². The lowest BCUT2D eigenvalue weighted by Crippen LogP contribution is -2.23. The van der Waals surface area contributed by atoms with E-state index in [0.29, 0.717) is 0 Å². The van der Waals surface area contributed by atoms with Crippen LogP contribution in [0.5, 0.6) is 0 Å². The summed E-state index contributed by atoms with van der Waals surface area (Å²) in [6.07, 6.45) is 4.69. The van der Waals surface area contributed by atoms with Gasteiger partial charge in [-0.15, -0.1) is 0 Å². The van der Waals surface area contributed by atoms with Gasteiger partial charge in [0.15, 0.2) is 0 Å². The lowest BCUT2D eigenvalue weighted by atomic mass is 10.1. The maximum Gasteiger partial charge on any atom is 0.125 e. The van der Waals surface area contributed by atoms with Crippen LogP contribution in [0.3, 0.4) is 0 Å². The molecule has 0 aliphatic carbocycles. The Morgan fingerprint density at radius 3 is 2.83 bits per heavy atom. The number of aromatic nitrogens is 4. The maximum absolute atomic E-state index is 4.49. The third-order valence-electron chi connectivity index (χ3n) is 2.86. The van der Waals surface area contributed by atoms with Gasteiger partial charge in [-0.3, -0.25) is 4.68 Å². The van der Waals surface area contributed by atoms with Gasteiger partial charge < -0.3 is 5.32 Å². The predicted octanol–water partition coefficient (Wildman–Crippen LogP) is 1.70. The normalized spacial score (nSPS) is 12.6. The number of nitrogens with zero attached hydrogens (tertiary/aromatic N) is 4. The smallest absolute Gasteiger partial charge is 0.125 e. The lowest BCUT2D eigenvalue weighted by Gasteiger charge is -2.17. The van der Waals surface area contributed by atoms with Crippen molar-refractivity contribution in [2.24, 2.45) is 0 Å². The molecule has 96 valence electrons. The number of hydrogen-bond acceptors (Lipinski definition) is 4. The minimum Gasteiger partial charge on any atom is -0.307 e. The largest absolute Gasteiger partial charge is 0.307 e. The number of rotatable bonds is 5. The van der Waals surface area contributed by atoms with E-state index in [-0.39, 0.29) is 6.04 Å². The minimum atomic E-state index is 0.0562. The molecule has 1 atom stereocenters. The van der Waals surface area contributed by atoms with Crippen LogP contribution in [0.1, 0.15) is 36.6 Å². The number of nitrogens with one attached hydrogen (secondary N) is 1. The highest BCUT2D eigenvalue weighted by Gasteiger charge is 2.17. The van der Waals surface area contributed by atoms with E-state index in [1.165, 1.54) is 0 Å². The van der Waals surface area contributed by atoms with Gasteiger partial charge in [-0.05, 0) is 32.5 Å². The second-order valence-corrected chi connectivity index (χ2v) is 4.23. The quantitative estimate of drug-likeness (QED) is 0.871. The Kier molecular flexibility index (Phi) is 4.04. The van der Waals surface area contributed by atoms with Crippen molar-refractivity contribution in [2.75, 3.05) is 7.05 Å². The van der Waals surface area contributed by atoms with Crippen LogP contribution < -0.4 is 5.32 Å². The lowest BCUT2D eigenvalue weighted by molar-refractivity contribution is 0.528. The van der Waals surface area contributed by atoms with E-state index < -0.39 is 0 Å². The Hall–Kier alpha value is -1.75. The molecule has 2 heterocycles. The molecule has 2 aromatic heterocycles. The van der Waals surface area contributed by atoms with Crippen LogP contribution in [0, 0.1) is 6.92 Å². The van der Waals surface area contributed by atoms with Crippen molar-refractivity contribution in [3.63, 3.8) is 0 Å². The molecule has 0 saturated heterocycles. The molecule has 2 aromatic rings. The first-order valence-electron chi connectivity index (χ1n) is 6.24. The Morgan fingerprint density at radius 2 is 2.17 bits per heavy atom. The zero-order valence-corrected chi connectivity index (χ0v) is 11.1. The summed E-state index contributed by atoms with van der Waals surface area (Å²) in [7, 11) is 1.94. The first-order valence-corrected chi connectivity index (χ1v) is 6.24. The molecule has 5 heteroatoms. The molecular formula is C13H19N5. The molecule has 18 heavy (non-hydrogen) atoms. The van der Waals surface area contributed by atoms with E-state index >= 15 is 0 Å². The highest BCUT2D eigenvalue weighted by Crippen LogP contribution is 2.19. The summed E-state index contributed by atoms with van der Waals surface area (Å²) in [5, 5.41) is 7.65. The highest BCUT2D eigenvalue weighted by molar-refractivity contribution is 5.21. The van der Waals surface area contributed by atoms with Gasteiger partial charge in [-0.2, -0.15) is 5.10 Å². The standard InChI is InChI=1S/C13H19N5/c1-4-9-18-12(6-8-16-18)13(14-3)11-5-7-15-10(2)17-11/h5-8,13-14H,4,9H2,1-3H3. The fraction of sp³-hybridized carbons (Fsp3) is 0.462. The molecule has 0 aliphatic rings. The van der Waals surface area contributed by atoms with Crippen molar-refractivity contribution < 1.29 is 0 Å². The van der Waals surface area contributed by atoms with Gasteiger partial charge >= 0.3 is 0 Å². The molecule has 5 nitrogen and oxygen atoms in total. The van der Waals surface area contributed by atoms with Crippen molar-refractivity contribution in [3.8, 4) is 0 Å². The summed E-state index contributed by atoms with van der Waals surface area (Å²) in [5.41, 5.74) is 2.11. The minimum absolute atomic E-state index is 0.0562. The van der Waals surface area contributed by atoms with E-state index in [2.05, 4.69) is 27.3 Å². The van der Waals surface area contributed by atoms with E-state index in [4.69, 9.17) is 0 Å². The first kappa shape index (κ1) is 12.7. The molecule has 0 spiro atoms. The third-order valence-corrected chi connectivity index (χ3v) is 2.86. The third kappa shape index (κ3) is 2.56. The van der Waals surface area contributed by atoms with Gasteiger partial charge in [0.05, 0.1) is 17.4 Å². The topological polar surface area (TPSA) is 55.6 Å². The van der Waals surface area contributed by atoms with Crippen LogP contribution >= 0.6 is 0 Å². The SMILES string of the molecule is CCCn1nccc1C(NC)c1ccnc(C)n1. The Balaban J connectivity index is 2.36. The summed E-state index contributed by atoms with van der Waals surface area (Å²) in [6, 6.07) is 4.03. The molecule has 0 radical (unpaired) electrons. The van der Waals surface area contributed by atoms with Crippen LogP contribution in [0.15, 0.2) is 24.5 Å². The van der Waals surface area contributed by atoms with E-state index in [0.717, 1.165) is 30.2 Å². The van der Waals surface area contributed by atoms with Gasteiger partial charge in [0.1, 0.15) is 5.82 Å². The zero-order chi connectivity index (χ0) is 13.0. The summed E-state index contributed by atoms with van der Waals surface area (Å²) in [4.78, 5) is 8.62. The molecule has 0 saturated carbocycles. The van der Waals surface area contributed by atoms with Crippen LogP contribution in [-0.2, 0) is 6.54 Å². The van der Waals surface area contributed by atoms with Gasteiger partial charge in [-0.1, -0.05) is 6.92 Å². The average Bonchev–Trinajstić information content (AvgIpc) is 2.79. The molecular weight excluding hydrogens is 226 g/mol. The van der Waals surface area contributed by atoms with Crippen LogP contribution in [0.4, 0.5) is 0 Å². The monoisotopic (exact) mass is 245 g/mol. The Morgan fingerprint density at radius 1 is 1.33 bits per heavy atom. The number of aryl methyl sites for hydroxylation is 2. The molecule has 2 rings (SSSR count).